The third-order valence-corrected chi connectivity index (χ3v) is 13.4. The highest BCUT2D eigenvalue weighted by Gasteiger charge is 2.89. The molecule has 6 aliphatic rings. The zero-order valence-corrected chi connectivity index (χ0v) is 23.0. The van der Waals surface area contributed by atoms with Crippen molar-refractivity contribution >= 4 is 11.5 Å². The number of fused-ring (bicyclic) bond motifs is 4. The first-order chi connectivity index (χ1) is 17.6. The van der Waals surface area contributed by atoms with E-state index in [0.29, 0.717) is 42.6 Å². The van der Waals surface area contributed by atoms with E-state index in [9.17, 15) is 15.0 Å². The minimum Gasteiger partial charge on any atom is -0.392 e. The second-order valence-electron chi connectivity index (χ2n) is 14.5. The molecule has 202 valence electrons. The molecule has 1 aromatic carbocycles. The number of carbonyl (C=O) groups is 1. The number of hydrogen-bond donors (Lipinski definition) is 3. The number of anilines is 1. The quantitative estimate of drug-likeness (QED) is 0.513. The maximum atomic E-state index is 13.5. The van der Waals surface area contributed by atoms with Gasteiger partial charge in [-0.1, -0.05) is 26.0 Å². The molecule has 1 aromatic rings. The van der Waals surface area contributed by atoms with Gasteiger partial charge in [0, 0.05) is 31.2 Å². The Hall–Kier alpha value is -1.43. The average molecular weight is 508 g/mol. The third kappa shape index (κ3) is 2.79. The van der Waals surface area contributed by atoms with Crippen LogP contribution in [-0.2, 0) is 16.0 Å². The fourth-order valence-electron chi connectivity index (χ4n) is 12.3. The normalized spacial score (nSPS) is 51.7. The Kier molecular flexibility index (Phi) is 5.20. The number of benzene rings is 1. The Labute approximate surface area is 221 Å². The molecule has 7 rings (SSSR count). The molecule has 0 aliphatic heterocycles. The van der Waals surface area contributed by atoms with E-state index < -0.39 is 5.60 Å². The average Bonchev–Trinajstić information content (AvgIpc) is 3.47. The number of hydrogen-bond acceptors (Lipinski definition) is 5. The van der Waals surface area contributed by atoms with E-state index in [2.05, 4.69) is 43.4 Å². The third-order valence-electron chi connectivity index (χ3n) is 13.4. The van der Waals surface area contributed by atoms with Crippen molar-refractivity contribution in [3.63, 3.8) is 0 Å². The molecule has 0 aromatic heterocycles. The van der Waals surface area contributed by atoms with Gasteiger partial charge in [0.05, 0.1) is 18.1 Å². The minimum atomic E-state index is -1.02. The molecular weight excluding hydrogens is 462 g/mol. The maximum absolute atomic E-state index is 13.5. The number of aliphatic hydroxyl groups excluding tert-OH is 1. The summed E-state index contributed by atoms with van der Waals surface area (Å²) >= 11 is 0. The van der Waals surface area contributed by atoms with E-state index in [1.807, 2.05) is 6.92 Å². The largest absolute Gasteiger partial charge is 0.392 e. The number of ether oxygens (including phenoxy) is 1. The van der Waals surface area contributed by atoms with Gasteiger partial charge in [-0.3, -0.25) is 4.79 Å². The van der Waals surface area contributed by atoms with Crippen LogP contribution < -0.4 is 5.32 Å². The van der Waals surface area contributed by atoms with E-state index in [-0.39, 0.29) is 40.2 Å². The van der Waals surface area contributed by atoms with Crippen molar-refractivity contribution in [1.82, 2.24) is 0 Å². The first kappa shape index (κ1) is 24.6. The van der Waals surface area contributed by atoms with Crippen LogP contribution in [0.25, 0.3) is 0 Å². The van der Waals surface area contributed by atoms with Crippen molar-refractivity contribution in [2.45, 2.75) is 89.9 Å². The second-order valence-corrected chi connectivity index (χ2v) is 14.5. The second kappa shape index (κ2) is 7.82. The van der Waals surface area contributed by atoms with Crippen molar-refractivity contribution in [2.24, 2.45) is 51.8 Å². The first-order valence-electron chi connectivity index (χ1n) is 14.9. The van der Waals surface area contributed by atoms with Gasteiger partial charge < -0.3 is 20.3 Å². The molecule has 1 spiro atoms. The number of nitrogens with one attached hydrogen (secondary N) is 1. The van der Waals surface area contributed by atoms with Gasteiger partial charge in [-0.25, -0.2) is 0 Å². The summed E-state index contributed by atoms with van der Waals surface area (Å²) in [5.74, 6) is 2.96. The molecular formula is C32H45NO4. The molecule has 6 bridgehead atoms. The number of Topliss-reactive ketones (excluding diaryl/α,β-unsaturated/α-hetero) is 1. The lowest BCUT2D eigenvalue weighted by Gasteiger charge is -2.62. The van der Waals surface area contributed by atoms with Crippen molar-refractivity contribution in [2.75, 3.05) is 19.0 Å². The van der Waals surface area contributed by atoms with Crippen molar-refractivity contribution in [1.29, 1.82) is 0 Å². The number of rotatable bonds is 6. The zero-order chi connectivity index (χ0) is 26.0. The summed E-state index contributed by atoms with van der Waals surface area (Å²) in [6.45, 7) is 7.25. The summed E-state index contributed by atoms with van der Waals surface area (Å²) in [6.07, 6.45) is 8.22. The van der Waals surface area contributed by atoms with E-state index in [1.54, 1.807) is 7.11 Å². The summed E-state index contributed by atoms with van der Waals surface area (Å²) in [4.78, 5) is 13.5. The van der Waals surface area contributed by atoms with Crippen LogP contribution in [0.1, 0.15) is 71.3 Å². The smallest absolute Gasteiger partial charge is 0.141 e. The molecule has 0 unspecified atom stereocenters. The monoisotopic (exact) mass is 507 g/mol. The Morgan fingerprint density at radius 1 is 1.19 bits per heavy atom. The minimum absolute atomic E-state index is 0.0199. The summed E-state index contributed by atoms with van der Waals surface area (Å²) in [6, 6.07) is 8.74. The predicted octanol–water partition coefficient (Wildman–Crippen LogP) is 4.85. The molecule has 0 radical (unpaired) electrons. The van der Waals surface area contributed by atoms with Crippen LogP contribution in [0.4, 0.5) is 5.69 Å². The topological polar surface area (TPSA) is 78.8 Å². The number of carbonyl (C=O) groups excluding carboxylic acids is 1. The highest BCUT2D eigenvalue weighted by atomic mass is 16.5. The van der Waals surface area contributed by atoms with Crippen LogP contribution in [0.15, 0.2) is 24.3 Å². The lowest BCUT2D eigenvalue weighted by molar-refractivity contribution is -0.192. The zero-order valence-electron chi connectivity index (χ0n) is 23.0. The molecule has 0 amide bonds. The lowest BCUT2D eigenvalue weighted by Crippen LogP contribution is -2.60. The fourth-order valence-corrected chi connectivity index (χ4v) is 12.3. The van der Waals surface area contributed by atoms with Gasteiger partial charge in [0.15, 0.2) is 0 Å². The Morgan fingerprint density at radius 2 is 2.00 bits per heavy atom. The Balaban J connectivity index is 1.23. The van der Waals surface area contributed by atoms with Gasteiger partial charge in [-0.05, 0) is 110 Å². The van der Waals surface area contributed by atoms with Crippen LogP contribution in [0, 0.1) is 51.8 Å². The molecule has 12 atom stereocenters. The molecule has 0 saturated heterocycles. The van der Waals surface area contributed by atoms with Gasteiger partial charge in [0.2, 0.25) is 0 Å². The van der Waals surface area contributed by atoms with Crippen LogP contribution >= 0.6 is 0 Å². The van der Waals surface area contributed by atoms with Gasteiger partial charge >= 0.3 is 0 Å². The molecule has 6 saturated carbocycles. The summed E-state index contributed by atoms with van der Waals surface area (Å²) < 4.78 is 5.88. The Bertz CT molecular complexity index is 1120. The van der Waals surface area contributed by atoms with E-state index >= 15 is 0 Å². The number of ketones is 1. The number of aliphatic hydroxyl groups is 2. The van der Waals surface area contributed by atoms with Crippen molar-refractivity contribution < 1.29 is 19.7 Å². The SMILES string of the molecule is CO[C@H]1CC(=O)[C@H]2[C@@H]3[C@@H]4C[C@](C)([C@@]12O)[C@]3(C)[C@]12C[C@@H](Cc3cccc(NC[C@H](C)O)c3)C[C@@H]1CC[C@@H]4C2. The van der Waals surface area contributed by atoms with Crippen molar-refractivity contribution in [3.8, 4) is 0 Å². The summed E-state index contributed by atoms with van der Waals surface area (Å²) in [5.41, 5.74) is 1.36. The predicted molar refractivity (Wildman–Crippen MR) is 143 cm³/mol. The Morgan fingerprint density at radius 3 is 2.76 bits per heavy atom. The van der Waals surface area contributed by atoms with E-state index in [1.165, 1.54) is 37.7 Å². The standard InChI is InChI=1S/C32H45NO4/c1-18(34)17-33-23-7-5-6-19(12-23)10-20-11-22-9-8-21-15-31(22,14-20)30(3)27-24(21)16-29(30,2)32(36)26(37-4)13-25(35)28(27)32/h5-7,12,18,20-22,24,26-28,33-34,36H,8-11,13-17H2,1-4H3/t18-,20-,21+,22-,24+,26-,27-,28-,29-,30+,31-,32+/m0/s1. The molecule has 6 fully saturated rings. The lowest BCUT2D eigenvalue weighted by atomic mass is 9.42. The highest BCUT2D eigenvalue weighted by molar-refractivity contribution is 5.88. The summed E-state index contributed by atoms with van der Waals surface area (Å²) in [5, 5.41) is 25.5. The molecule has 5 heteroatoms. The van der Waals surface area contributed by atoms with Crippen molar-refractivity contribution in [3.05, 3.63) is 29.8 Å². The summed E-state index contributed by atoms with van der Waals surface area (Å²) in [7, 11) is 1.69. The van der Waals surface area contributed by atoms with Crippen LogP contribution in [0.3, 0.4) is 0 Å². The molecule has 0 heterocycles. The van der Waals surface area contributed by atoms with Crippen LogP contribution in [-0.4, -0.2) is 47.5 Å². The van der Waals surface area contributed by atoms with E-state index in [4.69, 9.17) is 4.74 Å². The van der Waals surface area contributed by atoms with Gasteiger partial charge in [-0.15, -0.1) is 0 Å². The first-order valence-corrected chi connectivity index (χ1v) is 14.9. The van der Waals surface area contributed by atoms with Crippen LogP contribution in [0.5, 0.6) is 0 Å². The highest BCUT2D eigenvalue weighted by Crippen LogP contribution is 2.88. The van der Waals surface area contributed by atoms with E-state index in [0.717, 1.165) is 18.5 Å². The number of methoxy groups -OCH3 is 1. The molecule has 5 nitrogen and oxygen atoms in total. The van der Waals surface area contributed by atoms with Gasteiger partial charge in [0.25, 0.3) is 0 Å². The molecule has 3 N–H and O–H groups in total. The van der Waals surface area contributed by atoms with Gasteiger partial charge in [-0.2, -0.15) is 0 Å². The molecule has 37 heavy (non-hydrogen) atoms. The van der Waals surface area contributed by atoms with Gasteiger partial charge in [0.1, 0.15) is 11.4 Å². The van der Waals surface area contributed by atoms with Crippen LogP contribution in [0.2, 0.25) is 0 Å². The molecule has 6 aliphatic carbocycles. The fraction of sp³-hybridized carbons (Fsp3) is 0.781. The maximum Gasteiger partial charge on any atom is 0.141 e.